The fourth-order valence-corrected chi connectivity index (χ4v) is 8.10. The van der Waals surface area contributed by atoms with Crippen LogP contribution >= 0.6 is 0 Å². The molecular formula is C30H41FN6O3. The summed E-state index contributed by atoms with van der Waals surface area (Å²) in [6.07, 6.45) is 5.09. The number of carbonyl (C=O) groups is 1. The normalized spacial score (nSPS) is 31.4. The first-order valence-corrected chi connectivity index (χ1v) is 15.0. The van der Waals surface area contributed by atoms with Crippen LogP contribution in [0.3, 0.4) is 0 Å². The highest BCUT2D eigenvalue weighted by Gasteiger charge is 2.52. The molecule has 4 fully saturated rings. The summed E-state index contributed by atoms with van der Waals surface area (Å²) in [6, 6.07) is 0.592. The molecule has 2 aromatic rings. The van der Waals surface area contributed by atoms with Crippen molar-refractivity contribution in [2.24, 2.45) is 0 Å². The number of nitrogens with zero attached hydrogens (tertiary/aromatic N) is 6. The van der Waals surface area contributed by atoms with Crippen LogP contribution in [0.2, 0.25) is 0 Å². The monoisotopic (exact) mass is 552 g/mol. The minimum atomic E-state index is -0.804. The highest BCUT2D eigenvalue weighted by Crippen LogP contribution is 2.45. The maximum absolute atomic E-state index is 14.4. The van der Waals surface area contributed by atoms with Gasteiger partial charge < -0.3 is 14.4 Å². The molecule has 0 unspecified atom stereocenters. The molecule has 7 rings (SSSR count). The number of rotatable bonds is 3. The van der Waals surface area contributed by atoms with E-state index in [2.05, 4.69) is 16.7 Å². The van der Waals surface area contributed by atoms with Gasteiger partial charge in [-0.2, -0.15) is 9.97 Å². The molecule has 1 amide bonds. The van der Waals surface area contributed by atoms with Gasteiger partial charge in [0.2, 0.25) is 0 Å². The van der Waals surface area contributed by atoms with Crippen LogP contribution in [0.4, 0.5) is 15.0 Å². The lowest BCUT2D eigenvalue weighted by molar-refractivity contribution is 0.00721. The van der Waals surface area contributed by atoms with Crippen LogP contribution in [0.15, 0.2) is 0 Å². The molecule has 0 saturated carbocycles. The summed E-state index contributed by atoms with van der Waals surface area (Å²) < 4.78 is 26.6. The molecule has 4 saturated heterocycles. The molecule has 7 heterocycles. The first-order chi connectivity index (χ1) is 19.0. The van der Waals surface area contributed by atoms with E-state index in [0.29, 0.717) is 32.1 Å². The average Bonchev–Trinajstić information content (AvgIpc) is 3.48. The molecule has 9 nitrogen and oxygen atoms in total. The van der Waals surface area contributed by atoms with Crippen LogP contribution in [-0.2, 0) is 11.2 Å². The fraction of sp³-hybridized carbons (Fsp3) is 0.733. The Kier molecular flexibility index (Phi) is 5.97. The van der Waals surface area contributed by atoms with Gasteiger partial charge in [-0.1, -0.05) is 0 Å². The fourth-order valence-electron chi connectivity index (χ4n) is 8.10. The van der Waals surface area contributed by atoms with Crippen molar-refractivity contribution >= 4 is 22.8 Å². The minimum absolute atomic E-state index is 0.0606. The van der Waals surface area contributed by atoms with Crippen molar-refractivity contribution in [3.8, 4) is 6.01 Å². The number of fused-ring (bicyclic) bond motifs is 6. The third-order valence-electron chi connectivity index (χ3n) is 9.94. The number of pyridine rings is 1. The molecule has 40 heavy (non-hydrogen) atoms. The highest BCUT2D eigenvalue weighted by molar-refractivity contribution is 5.95. The molecule has 0 aromatic carbocycles. The zero-order valence-electron chi connectivity index (χ0n) is 24.4. The Morgan fingerprint density at radius 2 is 1.93 bits per heavy atom. The molecule has 0 aliphatic carbocycles. The number of halogens is 1. The second kappa shape index (κ2) is 9.13. The summed E-state index contributed by atoms with van der Waals surface area (Å²) in [4.78, 5) is 35.0. The lowest BCUT2D eigenvalue weighted by Crippen LogP contribution is -2.62. The summed E-state index contributed by atoms with van der Waals surface area (Å²) in [6.45, 7) is 12.4. The summed E-state index contributed by atoms with van der Waals surface area (Å²) in [5.41, 5.74) is 3.11. The first-order valence-electron chi connectivity index (χ1n) is 15.0. The molecule has 5 atom stereocenters. The number of hydrogen-bond acceptors (Lipinski definition) is 8. The van der Waals surface area contributed by atoms with Crippen LogP contribution in [0.5, 0.6) is 6.01 Å². The molecule has 5 aliphatic rings. The van der Waals surface area contributed by atoms with Gasteiger partial charge in [0.15, 0.2) is 0 Å². The second-order valence-electron chi connectivity index (χ2n) is 13.6. The number of aryl methyl sites for hydroxylation is 3. The number of anilines is 1. The van der Waals surface area contributed by atoms with Crippen molar-refractivity contribution in [3.63, 3.8) is 0 Å². The maximum atomic E-state index is 14.4. The third-order valence-corrected chi connectivity index (χ3v) is 9.94. The van der Waals surface area contributed by atoms with Crippen molar-refractivity contribution in [2.45, 2.75) is 115 Å². The number of amides is 1. The molecule has 216 valence electrons. The summed E-state index contributed by atoms with van der Waals surface area (Å²) >= 11 is 0. The van der Waals surface area contributed by atoms with Gasteiger partial charge in [0.25, 0.3) is 0 Å². The summed E-state index contributed by atoms with van der Waals surface area (Å²) in [7, 11) is 0. The van der Waals surface area contributed by atoms with E-state index in [-0.39, 0.29) is 29.8 Å². The van der Waals surface area contributed by atoms with Crippen LogP contribution in [0.25, 0.3) is 10.9 Å². The van der Waals surface area contributed by atoms with E-state index in [4.69, 9.17) is 24.4 Å². The first kappa shape index (κ1) is 26.2. The number of carbonyl (C=O) groups excluding carboxylic acids is 1. The van der Waals surface area contributed by atoms with Crippen LogP contribution in [0, 0.1) is 13.8 Å². The van der Waals surface area contributed by atoms with Crippen molar-refractivity contribution in [1.29, 1.82) is 0 Å². The zero-order valence-corrected chi connectivity index (χ0v) is 24.4. The Balaban J connectivity index is 1.26. The van der Waals surface area contributed by atoms with Crippen LogP contribution in [-0.4, -0.2) is 92.5 Å². The Hall–Kier alpha value is -2.75. The Bertz CT molecular complexity index is 1360. The van der Waals surface area contributed by atoms with E-state index in [1.807, 2.05) is 32.6 Å². The van der Waals surface area contributed by atoms with E-state index < -0.39 is 11.8 Å². The summed E-state index contributed by atoms with van der Waals surface area (Å²) in [5, 5.41) is 1.01. The predicted molar refractivity (Wildman–Crippen MR) is 150 cm³/mol. The van der Waals surface area contributed by atoms with Crippen molar-refractivity contribution in [1.82, 2.24) is 24.8 Å². The largest absolute Gasteiger partial charge is 0.461 e. The molecule has 0 N–H and O–H groups in total. The van der Waals surface area contributed by atoms with Gasteiger partial charge in [0.05, 0.1) is 40.3 Å². The lowest BCUT2D eigenvalue weighted by atomic mass is 9.95. The van der Waals surface area contributed by atoms with E-state index in [1.54, 1.807) is 0 Å². The molecule has 2 aromatic heterocycles. The van der Waals surface area contributed by atoms with E-state index in [9.17, 15) is 9.18 Å². The van der Waals surface area contributed by atoms with Gasteiger partial charge in [-0.25, -0.2) is 9.18 Å². The number of ether oxygens (including phenoxy) is 2. The topological polar surface area (TPSA) is 83.9 Å². The Morgan fingerprint density at radius 3 is 2.73 bits per heavy atom. The smallest absolute Gasteiger partial charge is 0.410 e. The lowest BCUT2D eigenvalue weighted by Gasteiger charge is -2.47. The molecule has 0 radical (unpaired) electrons. The van der Waals surface area contributed by atoms with Gasteiger partial charge in [-0.15, -0.1) is 0 Å². The zero-order chi connectivity index (χ0) is 28.0. The second-order valence-corrected chi connectivity index (χ2v) is 13.6. The molecule has 10 heteroatoms. The number of hydrogen-bond donors (Lipinski definition) is 0. The van der Waals surface area contributed by atoms with Gasteiger partial charge in [0.1, 0.15) is 24.2 Å². The van der Waals surface area contributed by atoms with Crippen LogP contribution in [0.1, 0.15) is 76.2 Å². The minimum Gasteiger partial charge on any atom is -0.461 e. The van der Waals surface area contributed by atoms with E-state index in [0.717, 1.165) is 78.7 Å². The van der Waals surface area contributed by atoms with Gasteiger partial charge >= 0.3 is 12.1 Å². The molecule has 2 bridgehead atoms. The van der Waals surface area contributed by atoms with Gasteiger partial charge in [0, 0.05) is 25.2 Å². The van der Waals surface area contributed by atoms with Crippen molar-refractivity contribution < 1.29 is 18.7 Å². The number of aromatic nitrogens is 3. The van der Waals surface area contributed by atoms with Crippen LogP contribution < -0.4 is 9.64 Å². The van der Waals surface area contributed by atoms with Crippen molar-refractivity contribution in [3.05, 3.63) is 17.0 Å². The van der Waals surface area contributed by atoms with E-state index >= 15 is 0 Å². The quantitative estimate of drug-likeness (QED) is 0.551. The predicted octanol–water partition coefficient (Wildman–Crippen LogP) is 4.50. The standard InChI is InChI=1S/C30H41FN6O3/c1-17-18(2)32-21-8-10-22-23-9-7-20(37(23)28(38)40-29(3,4)5)15-36(22)26-24(21)25(17)33-27(34-26)39-16-30-11-6-12-35(30)14-19(31)13-30/h19-20,22-23H,6-16H2,1-5H3/t19-,20-,22+,23+,30+/m1/s1. The average molecular weight is 553 g/mol. The van der Waals surface area contributed by atoms with Gasteiger partial charge in [-0.05, 0) is 85.3 Å². The SMILES string of the molecule is Cc1nc2c3c(nc(OC[C@@]45CCCN4C[C@H](F)C5)nc3c1C)N1C[C@H]3CC[C@@H]([C@@H]1CC2)N3C(=O)OC(C)(C)C. The number of piperazine rings is 1. The molecule has 5 aliphatic heterocycles. The van der Waals surface area contributed by atoms with Gasteiger partial charge in [-0.3, -0.25) is 14.8 Å². The summed E-state index contributed by atoms with van der Waals surface area (Å²) in [5.74, 6) is 0.865. The number of alkyl halides is 1. The highest BCUT2D eigenvalue weighted by atomic mass is 19.1. The molecule has 0 spiro atoms. The maximum Gasteiger partial charge on any atom is 0.410 e. The van der Waals surface area contributed by atoms with Crippen molar-refractivity contribution in [2.75, 3.05) is 31.1 Å². The molecular weight excluding hydrogens is 511 g/mol. The van der Waals surface area contributed by atoms with E-state index in [1.165, 1.54) is 0 Å². The third kappa shape index (κ3) is 4.11. The Morgan fingerprint density at radius 1 is 1.10 bits per heavy atom. The Labute approximate surface area is 235 Å².